The second-order valence-electron chi connectivity index (χ2n) is 5.15. The summed E-state index contributed by atoms with van der Waals surface area (Å²) in [4.78, 5) is 0. The topological polar surface area (TPSA) is 43.8 Å². The first kappa shape index (κ1) is 13.9. The molecule has 0 unspecified atom stereocenters. The van der Waals surface area contributed by atoms with E-state index in [1.54, 1.807) is 6.07 Å². The quantitative estimate of drug-likeness (QED) is 0.894. The van der Waals surface area contributed by atoms with Gasteiger partial charge in [-0.1, -0.05) is 20.8 Å². The highest BCUT2D eigenvalue weighted by atomic mass is 19.4. The van der Waals surface area contributed by atoms with Crippen molar-refractivity contribution in [2.24, 2.45) is 0 Å². The smallest absolute Gasteiger partial charge is 0.384 e. The Bertz CT molecular complexity index is 374. The monoisotopic (exact) mass is 249 g/mol. The molecule has 0 aliphatic carbocycles. The molecule has 0 fully saturated rings. The summed E-state index contributed by atoms with van der Waals surface area (Å²) in [5.41, 5.74) is 6.35. The number of nitrogens with two attached hydrogens (primary N) is 1. The van der Waals surface area contributed by atoms with E-state index in [9.17, 15) is 13.2 Å². The number of hydrogen-bond donors (Lipinski definition) is 1. The summed E-state index contributed by atoms with van der Waals surface area (Å²) in [6, 6.07) is 1.72. The average Bonchev–Trinajstić information content (AvgIpc) is 2.45. The van der Waals surface area contributed by atoms with Crippen molar-refractivity contribution in [1.82, 2.24) is 9.78 Å². The second-order valence-corrected chi connectivity index (χ2v) is 5.15. The summed E-state index contributed by atoms with van der Waals surface area (Å²) in [6.07, 6.45) is -4.93. The molecule has 0 saturated carbocycles. The maximum absolute atomic E-state index is 12.0. The van der Waals surface area contributed by atoms with Crippen molar-refractivity contribution >= 4 is 5.82 Å². The summed E-state index contributed by atoms with van der Waals surface area (Å²) in [6.45, 7) is 6.14. The van der Waals surface area contributed by atoms with E-state index in [-0.39, 0.29) is 18.4 Å². The molecule has 6 heteroatoms. The molecule has 1 aromatic rings. The van der Waals surface area contributed by atoms with Crippen LogP contribution in [0.15, 0.2) is 6.07 Å². The molecule has 1 aromatic heterocycles. The van der Waals surface area contributed by atoms with Gasteiger partial charge in [-0.3, -0.25) is 0 Å². The molecule has 0 atom stereocenters. The highest BCUT2D eigenvalue weighted by molar-refractivity contribution is 5.33. The zero-order valence-electron chi connectivity index (χ0n) is 10.3. The summed E-state index contributed by atoms with van der Waals surface area (Å²) < 4.78 is 37.4. The Hall–Kier alpha value is -1.20. The van der Waals surface area contributed by atoms with Gasteiger partial charge in [0.05, 0.1) is 5.69 Å². The van der Waals surface area contributed by atoms with Crippen LogP contribution in [0.3, 0.4) is 0 Å². The van der Waals surface area contributed by atoms with Crippen LogP contribution >= 0.6 is 0 Å². The molecule has 0 amide bonds. The minimum atomic E-state index is -4.12. The van der Waals surface area contributed by atoms with Crippen LogP contribution in [0.2, 0.25) is 0 Å². The van der Waals surface area contributed by atoms with Gasteiger partial charge in [-0.05, 0) is 6.42 Å². The fraction of sp³-hybridized carbons (Fsp3) is 0.727. The lowest BCUT2D eigenvalue weighted by Crippen LogP contribution is -2.14. The van der Waals surface area contributed by atoms with Crippen LogP contribution in [0.4, 0.5) is 19.0 Å². The number of anilines is 1. The fourth-order valence-corrected chi connectivity index (χ4v) is 1.41. The molecule has 0 radical (unpaired) electrons. The van der Waals surface area contributed by atoms with Crippen LogP contribution in [0, 0.1) is 0 Å². The maximum atomic E-state index is 12.0. The van der Waals surface area contributed by atoms with Crippen molar-refractivity contribution in [2.75, 3.05) is 5.73 Å². The molecule has 1 heterocycles. The third-order valence-corrected chi connectivity index (χ3v) is 2.41. The van der Waals surface area contributed by atoms with Gasteiger partial charge < -0.3 is 5.73 Å². The highest BCUT2D eigenvalue weighted by Gasteiger charge is 2.26. The molecule has 98 valence electrons. The third kappa shape index (κ3) is 4.28. The van der Waals surface area contributed by atoms with E-state index < -0.39 is 12.6 Å². The lowest BCUT2D eigenvalue weighted by Gasteiger charge is -2.14. The molecule has 2 N–H and O–H groups in total. The Morgan fingerprint density at radius 3 is 2.29 bits per heavy atom. The van der Waals surface area contributed by atoms with Crippen molar-refractivity contribution in [3.05, 3.63) is 11.8 Å². The van der Waals surface area contributed by atoms with Crippen LogP contribution < -0.4 is 5.73 Å². The standard InChI is InChI=1S/C11H18F3N3/c1-10(2,3)8-7-9(15)17(16-8)6-4-5-11(12,13)14/h7H,4-6,15H2,1-3H3. The predicted octanol–water partition coefficient (Wildman–Crippen LogP) is 3.11. The van der Waals surface area contributed by atoms with Crippen molar-refractivity contribution < 1.29 is 13.2 Å². The third-order valence-electron chi connectivity index (χ3n) is 2.41. The number of aryl methyl sites for hydroxylation is 1. The molecule has 0 aliphatic heterocycles. The Morgan fingerprint density at radius 2 is 1.88 bits per heavy atom. The molecule has 1 rings (SSSR count). The highest BCUT2D eigenvalue weighted by Crippen LogP contribution is 2.24. The number of nitrogens with zero attached hydrogens (tertiary/aromatic N) is 2. The lowest BCUT2D eigenvalue weighted by molar-refractivity contribution is -0.136. The van der Waals surface area contributed by atoms with Crippen molar-refractivity contribution in [3.63, 3.8) is 0 Å². The Labute approximate surface area is 98.8 Å². The number of hydrogen-bond acceptors (Lipinski definition) is 2. The fourth-order valence-electron chi connectivity index (χ4n) is 1.41. The van der Waals surface area contributed by atoms with E-state index in [0.717, 1.165) is 5.69 Å². The van der Waals surface area contributed by atoms with Gasteiger partial charge in [0.25, 0.3) is 0 Å². The second kappa shape index (κ2) is 4.58. The number of halogens is 3. The van der Waals surface area contributed by atoms with E-state index in [2.05, 4.69) is 5.10 Å². The van der Waals surface area contributed by atoms with Gasteiger partial charge in [-0.15, -0.1) is 0 Å². The largest absolute Gasteiger partial charge is 0.389 e. The van der Waals surface area contributed by atoms with Crippen LogP contribution in [-0.4, -0.2) is 16.0 Å². The predicted molar refractivity (Wildman–Crippen MR) is 60.6 cm³/mol. The molecular weight excluding hydrogens is 231 g/mol. The summed E-state index contributed by atoms with van der Waals surface area (Å²) in [5, 5.41) is 4.22. The van der Waals surface area contributed by atoms with Crippen molar-refractivity contribution in [2.45, 2.75) is 51.7 Å². The van der Waals surface area contributed by atoms with E-state index in [4.69, 9.17) is 5.73 Å². The van der Waals surface area contributed by atoms with Crippen LogP contribution in [-0.2, 0) is 12.0 Å². The van der Waals surface area contributed by atoms with Crippen molar-refractivity contribution in [1.29, 1.82) is 0 Å². The van der Waals surface area contributed by atoms with E-state index in [1.807, 2.05) is 20.8 Å². The first-order chi connectivity index (χ1) is 7.59. The zero-order valence-corrected chi connectivity index (χ0v) is 10.3. The van der Waals surface area contributed by atoms with Gasteiger partial charge in [-0.2, -0.15) is 18.3 Å². The van der Waals surface area contributed by atoms with Crippen LogP contribution in [0.5, 0.6) is 0 Å². The molecule has 0 aromatic carbocycles. The molecule has 0 bridgehead atoms. The normalized spacial score (nSPS) is 13.1. The van der Waals surface area contributed by atoms with Gasteiger partial charge in [0, 0.05) is 24.4 Å². The number of rotatable bonds is 3. The van der Waals surface area contributed by atoms with Gasteiger partial charge in [0.15, 0.2) is 0 Å². The number of aromatic nitrogens is 2. The molecule has 0 saturated heterocycles. The minimum Gasteiger partial charge on any atom is -0.384 e. The van der Waals surface area contributed by atoms with E-state index in [0.29, 0.717) is 5.82 Å². The zero-order chi connectivity index (χ0) is 13.3. The summed E-state index contributed by atoms with van der Waals surface area (Å²) in [5.74, 6) is 0.414. The van der Waals surface area contributed by atoms with Crippen LogP contribution in [0.25, 0.3) is 0 Å². The first-order valence-corrected chi connectivity index (χ1v) is 5.50. The number of alkyl halides is 3. The van der Waals surface area contributed by atoms with E-state index in [1.165, 1.54) is 4.68 Å². The van der Waals surface area contributed by atoms with Gasteiger partial charge in [-0.25, -0.2) is 4.68 Å². The van der Waals surface area contributed by atoms with Gasteiger partial charge in [0.2, 0.25) is 0 Å². The van der Waals surface area contributed by atoms with Gasteiger partial charge >= 0.3 is 6.18 Å². The average molecular weight is 249 g/mol. The van der Waals surface area contributed by atoms with E-state index >= 15 is 0 Å². The molecule has 3 nitrogen and oxygen atoms in total. The Kier molecular flexibility index (Phi) is 3.74. The minimum absolute atomic E-state index is 0.00103. The summed E-state index contributed by atoms with van der Waals surface area (Å²) in [7, 11) is 0. The Balaban J connectivity index is 2.64. The molecule has 0 spiro atoms. The maximum Gasteiger partial charge on any atom is 0.389 e. The molecule has 17 heavy (non-hydrogen) atoms. The van der Waals surface area contributed by atoms with Crippen molar-refractivity contribution in [3.8, 4) is 0 Å². The number of nitrogen functional groups attached to an aromatic ring is 1. The first-order valence-electron chi connectivity index (χ1n) is 5.50. The Morgan fingerprint density at radius 1 is 1.29 bits per heavy atom. The SMILES string of the molecule is CC(C)(C)c1cc(N)n(CCCC(F)(F)F)n1. The van der Waals surface area contributed by atoms with Gasteiger partial charge in [0.1, 0.15) is 5.82 Å². The molecular formula is C11H18F3N3. The summed E-state index contributed by atoms with van der Waals surface area (Å²) >= 11 is 0. The van der Waals surface area contributed by atoms with Crippen LogP contribution in [0.1, 0.15) is 39.3 Å². The molecule has 0 aliphatic rings. The lowest BCUT2D eigenvalue weighted by atomic mass is 9.92.